The van der Waals surface area contributed by atoms with Gasteiger partial charge >= 0.3 is 0 Å². The van der Waals surface area contributed by atoms with Crippen molar-refractivity contribution in [2.45, 2.75) is 25.8 Å². The molecule has 3 nitrogen and oxygen atoms in total. The van der Waals surface area contributed by atoms with E-state index in [9.17, 15) is 0 Å². The Morgan fingerprint density at radius 2 is 1.89 bits per heavy atom. The molecule has 0 bridgehead atoms. The van der Waals surface area contributed by atoms with Crippen LogP contribution in [0.3, 0.4) is 0 Å². The average molecular weight is 247 g/mol. The summed E-state index contributed by atoms with van der Waals surface area (Å²) in [6.07, 6.45) is 2.14. The van der Waals surface area contributed by atoms with E-state index in [0.29, 0.717) is 0 Å². The van der Waals surface area contributed by atoms with Gasteiger partial charge in [0.15, 0.2) is 0 Å². The Morgan fingerprint density at radius 1 is 1.22 bits per heavy atom. The van der Waals surface area contributed by atoms with E-state index in [4.69, 9.17) is 5.73 Å². The highest BCUT2D eigenvalue weighted by molar-refractivity contribution is 5.24. The number of aryl methyl sites for hydroxylation is 1. The van der Waals surface area contributed by atoms with Gasteiger partial charge in [-0.05, 0) is 24.0 Å². The van der Waals surface area contributed by atoms with Crippen molar-refractivity contribution in [3.05, 3.63) is 35.4 Å². The van der Waals surface area contributed by atoms with E-state index in [2.05, 4.69) is 41.4 Å². The fourth-order valence-electron chi connectivity index (χ4n) is 2.42. The van der Waals surface area contributed by atoms with Crippen LogP contribution in [0.1, 0.15) is 30.5 Å². The Morgan fingerprint density at radius 3 is 2.50 bits per heavy atom. The Bertz CT molecular complexity index is 341. The molecule has 0 aliphatic carbocycles. The molecule has 18 heavy (non-hydrogen) atoms. The van der Waals surface area contributed by atoms with E-state index in [0.717, 1.165) is 45.6 Å². The second-order valence-electron chi connectivity index (χ2n) is 5.08. The summed E-state index contributed by atoms with van der Waals surface area (Å²) in [6.45, 7) is 7.82. The second-order valence-corrected chi connectivity index (χ2v) is 5.08. The van der Waals surface area contributed by atoms with E-state index in [1.807, 2.05) is 0 Å². The van der Waals surface area contributed by atoms with Crippen LogP contribution in [-0.2, 0) is 6.42 Å². The van der Waals surface area contributed by atoms with E-state index >= 15 is 0 Å². The van der Waals surface area contributed by atoms with Crippen LogP contribution in [0.15, 0.2) is 24.3 Å². The highest BCUT2D eigenvalue weighted by Crippen LogP contribution is 2.15. The summed E-state index contributed by atoms with van der Waals surface area (Å²) in [5.41, 5.74) is 8.91. The van der Waals surface area contributed by atoms with E-state index in [-0.39, 0.29) is 6.04 Å². The molecule has 1 unspecified atom stereocenters. The lowest BCUT2D eigenvalue weighted by molar-refractivity contribution is 0.233. The third-order valence-corrected chi connectivity index (χ3v) is 3.78. The lowest BCUT2D eigenvalue weighted by Crippen LogP contribution is -2.44. The first-order valence-electron chi connectivity index (χ1n) is 7.07. The third kappa shape index (κ3) is 3.80. The number of nitrogens with two attached hydrogens (primary N) is 1. The lowest BCUT2D eigenvalue weighted by Gasteiger charge is -2.28. The maximum absolute atomic E-state index is 6.26. The third-order valence-electron chi connectivity index (χ3n) is 3.78. The van der Waals surface area contributed by atoms with E-state index in [1.54, 1.807) is 0 Å². The zero-order valence-corrected chi connectivity index (χ0v) is 11.4. The van der Waals surface area contributed by atoms with Crippen molar-refractivity contribution in [1.82, 2.24) is 10.2 Å². The number of nitrogens with one attached hydrogen (secondary N) is 1. The van der Waals surface area contributed by atoms with Gasteiger partial charge in [-0.2, -0.15) is 0 Å². The van der Waals surface area contributed by atoms with Gasteiger partial charge in [-0.25, -0.2) is 0 Å². The van der Waals surface area contributed by atoms with Crippen LogP contribution in [0, 0.1) is 0 Å². The zero-order valence-electron chi connectivity index (χ0n) is 11.4. The van der Waals surface area contributed by atoms with Crippen molar-refractivity contribution in [3.63, 3.8) is 0 Å². The fourth-order valence-corrected chi connectivity index (χ4v) is 2.42. The molecule has 2 rings (SSSR count). The molecule has 0 radical (unpaired) electrons. The van der Waals surface area contributed by atoms with Crippen molar-refractivity contribution in [3.8, 4) is 0 Å². The quantitative estimate of drug-likeness (QED) is 0.829. The van der Waals surface area contributed by atoms with Crippen LogP contribution in [0.25, 0.3) is 0 Å². The molecular weight excluding hydrogens is 222 g/mol. The van der Waals surface area contributed by atoms with Gasteiger partial charge < -0.3 is 16.0 Å². The zero-order chi connectivity index (χ0) is 12.8. The number of piperazine rings is 1. The van der Waals surface area contributed by atoms with Crippen molar-refractivity contribution < 1.29 is 0 Å². The molecule has 1 aromatic carbocycles. The minimum absolute atomic E-state index is 0.172. The summed E-state index contributed by atoms with van der Waals surface area (Å²) >= 11 is 0. The molecule has 1 heterocycles. The van der Waals surface area contributed by atoms with Crippen molar-refractivity contribution in [2.24, 2.45) is 5.73 Å². The Hall–Kier alpha value is -0.900. The number of benzene rings is 1. The van der Waals surface area contributed by atoms with Gasteiger partial charge in [0.25, 0.3) is 0 Å². The molecule has 1 fully saturated rings. The highest BCUT2D eigenvalue weighted by Gasteiger charge is 2.12. The van der Waals surface area contributed by atoms with Crippen molar-refractivity contribution in [2.75, 3.05) is 32.7 Å². The van der Waals surface area contributed by atoms with Gasteiger partial charge in [0, 0.05) is 38.8 Å². The molecule has 100 valence electrons. The Labute approximate surface area is 110 Å². The highest BCUT2D eigenvalue weighted by atomic mass is 15.2. The molecule has 1 aliphatic rings. The maximum Gasteiger partial charge on any atom is 0.0307 e. The first-order valence-corrected chi connectivity index (χ1v) is 7.07. The van der Waals surface area contributed by atoms with Crippen molar-refractivity contribution in [1.29, 1.82) is 0 Å². The second kappa shape index (κ2) is 6.88. The first kappa shape index (κ1) is 13.5. The van der Waals surface area contributed by atoms with Crippen LogP contribution in [0.5, 0.6) is 0 Å². The molecule has 0 saturated carbocycles. The van der Waals surface area contributed by atoms with Crippen LogP contribution in [-0.4, -0.2) is 37.6 Å². The van der Waals surface area contributed by atoms with E-state index < -0.39 is 0 Å². The van der Waals surface area contributed by atoms with Gasteiger partial charge in [-0.15, -0.1) is 0 Å². The first-order chi connectivity index (χ1) is 8.79. The number of hydrogen-bond donors (Lipinski definition) is 2. The Kier molecular flexibility index (Phi) is 5.17. The smallest absolute Gasteiger partial charge is 0.0307 e. The normalized spacial score (nSPS) is 18.8. The summed E-state index contributed by atoms with van der Waals surface area (Å²) in [5.74, 6) is 0. The summed E-state index contributed by atoms with van der Waals surface area (Å²) in [4.78, 5) is 2.50. The largest absolute Gasteiger partial charge is 0.324 e. The minimum atomic E-state index is 0.172. The molecule has 1 saturated heterocycles. The van der Waals surface area contributed by atoms with Gasteiger partial charge in [0.1, 0.15) is 0 Å². The van der Waals surface area contributed by atoms with E-state index in [1.165, 1.54) is 11.1 Å². The molecular formula is C15H25N3. The standard InChI is InChI=1S/C15H25N3/c1-2-13-3-5-14(6-4-13)15(16)7-10-18-11-8-17-9-12-18/h3-6,15,17H,2,7-12,16H2,1H3. The molecule has 3 N–H and O–H groups in total. The summed E-state index contributed by atoms with van der Waals surface area (Å²) in [6, 6.07) is 8.92. The van der Waals surface area contributed by atoms with Gasteiger partial charge in [-0.3, -0.25) is 0 Å². The summed E-state index contributed by atoms with van der Waals surface area (Å²) < 4.78 is 0. The predicted octanol–water partition coefficient (Wildman–Crippen LogP) is 1.54. The SMILES string of the molecule is CCc1ccc(C(N)CCN2CCNCC2)cc1. The number of rotatable bonds is 5. The molecule has 3 heteroatoms. The van der Waals surface area contributed by atoms with Gasteiger partial charge in [-0.1, -0.05) is 31.2 Å². The Balaban J connectivity index is 1.80. The van der Waals surface area contributed by atoms with Crippen LogP contribution >= 0.6 is 0 Å². The number of hydrogen-bond acceptors (Lipinski definition) is 3. The number of nitrogens with zero attached hydrogens (tertiary/aromatic N) is 1. The van der Waals surface area contributed by atoms with Crippen LogP contribution in [0.4, 0.5) is 0 Å². The topological polar surface area (TPSA) is 41.3 Å². The van der Waals surface area contributed by atoms with Crippen LogP contribution in [0.2, 0.25) is 0 Å². The molecule has 1 atom stereocenters. The summed E-state index contributed by atoms with van der Waals surface area (Å²) in [7, 11) is 0. The maximum atomic E-state index is 6.26. The fraction of sp³-hybridized carbons (Fsp3) is 0.600. The van der Waals surface area contributed by atoms with Gasteiger partial charge in [0.2, 0.25) is 0 Å². The molecule has 1 aromatic rings. The lowest BCUT2D eigenvalue weighted by atomic mass is 10.0. The monoisotopic (exact) mass is 247 g/mol. The van der Waals surface area contributed by atoms with Crippen LogP contribution < -0.4 is 11.1 Å². The van der Waals surface area contributed by atoms with Gasteiger partial charge in [0.05, 0.1) is 0 Å². The summed E-state index contributed by atoms with van der Waals surface area (Å²) in [5, 5.41) is 3.37. The molecule has 1 aliphatic heterocycles. The minimum Gasteiger partial charge on any atom is -0.324 e. The molecule has 0 spiro atoms. The molecule has 0 amide bonds. The predicted molar refractivity (Wildman–Crippen MR) is 76.7 cm³/mol. The average Bonchev–Trinajstić information content (AvgIpc) is 2.46. The van der Waals surface area contributed by atoms with Crippen molar-refractivity contribution >= 4 is 0 Å². The molecule has 0 aromatic heterocycles.